The average molecular weight is 371 g/mol. The van der Waals surface area contributed by atoms with Crippen LogP contribution in [0, 0.1) is 0 Å². The second kappa shape index (κ2) is 7.94. The Labute approximate surface area is 158 Å². The van der Waals surface area contributed by atoms with Crippen molar-refractivity contribution in [1.29, 1.82) is 0 Å². The Morgan fingerprint density at radius 2 is 1.85 bits per heavy atom. The number of benzene rings is 2. The molecule has 0 saturated heterocycles. The van der Waals surface area contributed by atoms with E-state index in [0.29, 0.717) is 5.02 Å². The molecule has 0 aliphatic rings. The van der Waals surface area contributed by atoms with E-state index in [0.717, 1.165) is 22.3 Å². The summed E-state index contributed by atoms with van der Waals surface area (Å²) in [5, 5.41) is 4.73. The van der Waals surface area contributed by atoms with Crippen LogP contribution in [-0.4, -0.2) is 24.4 Å². The number of halogens is 1. The van der Waals surface area contributed by atoms with Gasteiger partial charge in [-0.05, 0) is 44.7 Å². The van der Waals surface area contributed by atoms with Crippen molar-refractivity contribution in [2.45, 2.75) is 25.9 Å². The van der Waals surface area contributed by atoms with Crippen molar-refractivity contribution < 1.29 is 9.21 Å². The zero-order valence-electron chi connectivity index (χ0n) is 15.2. The lowest BCUT2D eigenvalue weighted by atomic mass is 10.1. The number of nitrogens with zero attached hydrogens (tertiary/aromatic N) is 1. The minimum absolute atomic E-state index is 0.0104. The summed E-state index contributed by atoms with van der Waals surface area (Å²) in [5.74, 6) is 0.795. The molecule has 2 atom stereocenters. The van der Waals surface area contributed by atoms with Crippen LogP contribution in [-0.2, 0) is 4.79 Å². The number of rotatable bonds is 6. The van der Waals surface area contributed by atoms with Gasteiger partial charge in [0.15, 0.2) is 0 Å². The molecule has 0 aliphatic carbocycles. The predicted molar refractivity (Wildman–Crippen MR) is 105 cm³/mol. The van der Waals surface area contributed by atoms with Crippen molar-refractivity contribution in [2.75, 3.05) is 13.6 Å². The predicted octanol–water partition coefficient (Wildman–Crippen LogP) is 4.96. The summed E-state index contributed by atoms with van der Waals surface area (Å²) in [5.41, 5.74) is 1.77. The third kappa shape index (κ3) is 4.09. The van der Waals surface area contributed by atoms with Crippen molar-refractivity contribution in [3.05, 3.63) is 70.9 Å². The summed E-state index contributed by atoms with van der Waals surface area (Å²) in [6, 6.07) is 17.3. The first-order chi connectivity index (χ1) is 12.5. The third-order valence-electron chi connectivity index (χ3n) is 4.66. The molecule has 3 rings (SSSR count). The smallest absolute Gasteiger partial charge is 0.234 e. The van der Waals surface area contributed by atoms with Crippen LogP contribution in [0.4, 0.5) is 0 Å². The third-order valence-corrected chi connectivity index (χ3v) is 5.00. The molecule has 3 aromatic rings. The molecule has 1 amide bonds. The number of hydrogen-bond acceptors (Lipinski definition) is 3. The number of para-hydroxylation sites is 1. The zero-order chi connectivity index (χ0) is 18.7. The molecule has 136 valence electrons. The highest BCUT2D eigenvalue weighted by molar-refractivity contribution is 6.31. The zero-order valence-corrected chi connectivity index (χ0v) is 16.0. The molecule has 26 heavy (non-hydrogen) atoms. The fraction of sp³-hybridized carbons (Fsp3) is 0.286. The number of carbonyl (C=O) groups is 1. The van der Waals surface area contributed by atoms with Crippen LogP contribution in [0.1, 0.15) is 37.3 Å². The molecule has 1 aromatic heterocycles. The highest BCUT2D eigenvalue weighted by Gasteiger charge is 2.20. The Morgan fingerprint density at radius 1 is 1.15 bits per heavy atom. The Bertz CT molecular complexity index is 873. The molecule has 0 fully saturated rings. The lowest BCUT2D eigenvalue weighted by Crippen LogP contribution is -2.37. The lowest BCUT2D eigenvalue weighted by molar-refractivity contribution is -0.123. The van der Waals surface area contributed by atoms with E-state index in [2.05, 4.69) is 5.32 Å². The summed E-state index contributed by atoms with van der Waals surface area (Å²) in [4.78, 5) is 14.4. The van der Waals surface area contributed by atoms with Crippen LogP contribution >= 0.6 is 11.6 Å². The van der Waals surface area contributed by atoms with Crippen LogP contribution in [0.25, 0.3) is 11.0 Å². The van der Waals surface area contributed by atoms with Crippen LogP contribution in [0.3, 0.4) is 0 Å². The maximum Gasteiger partial charge on any atom is 0.234 e. The van der Waals surface area contributed by atoms with Crippen LogP contribution in [0.2, 0.25) is 5.02 Å². The topological polar surface area (TPSA) is 45.5 Å². The molecule has 0 radical (unpaired) electrons. The van der Waals surface area contributed by atoms with Crippen molar-refractivity contribution in [1.82, 2.24) is 10.2 Å². The molecule has 1 N–H and O–H groups in total. The Hall–Kier alpha value is -2.30. The second-order valence-corrected chi connectivity index (χ2v) is 7.00. The number of hydrogen-bond donors (Lipinski definition) is 1. The van der Waals surface area contributed by atoms with E-state index < -0.39 is 0 Å². The fourth-order valence-electron chi connectivity index (χ4n) is 2.98. The van der Waals surface area contributed by atoms with Gasteiger partial charge in [0.1, 0.15) is 11.3 Å². The molecular formula is C21H23ClN2O2. The number of furan rings is 1. The van der Waals surface area contributed by atoms with E-state index >= 15 is 0 Å². The molecule has 5 heteroatoms. The molecule has 0 bridgehead atoms. The minimum atomic E-state index is -0.147. The molecule has 0 unspecified atom stereocenters. The van der Waals surface area contributed by atoms with Crippen molar-refractivity contribution in [3.63, 3.8) is 0 Å². The maximum atomic E-state index is 12.4. The molecule has 0 saturated carbocycles. The van der Waals surface area contributed by atoms with E-state index in [1.165, 1.54) is 0 Å². The van der Waals surface area contributed by atoms with E-state index in [4.69, 9.17) is 16.0 Å². The average Bonchev–Trinajstić information content (AvgIpc) is 3.05. The Kier molecular flexibility index (Phi) is 5.64. The number of nitrogens with one attached hydrogen (secondary N) is 1. The highest BCUT2D eigenvalue weighted by atomic mass is 35.5. The summed E-state index contributed by atoms with van der Waals surface area (Å²) < 4.78 is 5.91. The van der Waals surface area contributed by atoms with Crippen LogP contribution in [0.5, 0.6) is 0 Å². The van der Waals surface area contributed by atoms with Gasteiger partial charge in [0, 0.05) is 10.4 Å². The molecule has 0 aliphatic heterocycles. The van der Waals surface area contributed by atoms with Crippen molar-refractivity contribution >= 4 is 28.5 Å². The van der Waals surface area contributed by atoms with E-state index in [-0.39, 0.29) is 24.5 Å². The van der Waals surface area contributed by atoms with Crippen LogP contribution < -0.4 is 5.32 Å². The number of carbonyl (C=O) groups excluding carboxylic acids is 1. The first-order valence-electron chi connectivity index (χ1n) is 8.68. The normalized spacial score (nSPS) is 13.7. The van der Waals surface area contributed by atoms with Gasteiger partial charge in [-0.25, -0.2) is 0 Å². The van der Waals surface area contributed by atoms with Gasteiger partial charge in [-0.1, -0.05) is 48.0 Å². The molecule has 0 spiro atoms. The SMILES string of the molecule is C[C@H](NC(=O)CN(C)[C@H](C)c1cc2ccccc2o1)c1ccccc1Cl. The summed E-state index contributed by atoms with van der Waals surface area (Å²) in [6.45, 7) is 4.23. The Morgan fingerprint density at radius 3 is 2.58 bits per heavy atom. The van der Waals surface area contributed by atoms with E-state index in [1.54, 1.807) is 0 Å². The monoisotopic (exact) mass is 370 g/mol. The summed E-state index contributed by atoms with van der Waals surface area (Å²) in [6.07, 6.45) is 0. The van der Waals surface area contributed by atoms with E-state index in [1.807, 2.05) is 80.4 Å². The summed E-state index contributed by atoms with van der Waals surface area (Å²) in [7, 11) is 1.91. The number of likely N-dealkylation sites (N-methyl/N-ethyl adjacent to an activating group) is 1. The van der Waals surface area contributed by atoms with Gasteiger partial charge in [-0.3, -0.25) is 9.69 Å². The first-order valence-corrected chi connectivity index (χ1v) is 9.06. The van der Waals surface area contributed by atoms with E-state index in [9.17, 15) is 4.79 Å². The van der Waals surface area contributed by atoms with Gasteiger partial charge in [0.05, 0.1) is 18.6 Å². The minimum Gasteiger partial charge on any atom is -0.459 e. The fourth-order valence-corrected chi connectivity index (χ4v) is 3.28. The van der Waals surface area contributed by atoms with Gasteiger partial charge in [0.25, 0.3) is 0 Å². The van der Waals surface area contributed by atoms with Gasteiger partial charge < -0.3 is 9.73 Å². The van der Waals surface area contributed by atoms with Crippen molar-refractivity contribution in [2.24, 2.45) is 0 Å². The second-order valence-electron chi connectivity index (χ2n) is 6.59. The number of amides is 1. The lowest BCUT2D eigenvalue weighted by Gasteiger charge is -2.23. The quantitative estimate of drug-likeness (QED) is 0.667. The first kappa shape index (κ1) is 18.5. The highest BCUT2D eigenvalue weighted by Crippen LogP contribution is 2.26. The number of fused-ring (bicyclic) bond motifs is 1. The largest absolute Gasteiger partial charge is 0.459 e. The van der Waals surface area contributed by atoms with Gasteiger partial charge >= 0.3 is 0 Å². The standard InChI is InChI=1S/C21H23ClN2O2/c1-14(17-9-5-6-10-18(17)22)23-21(25)13-24(3)15(2)20-12-16-8-4-7-11-19(16)26-20/h4-12,14-15H,13H2,1-3H3,(H,23,25)/t14-,15+/m0/s1. The summed E-state index contributed by atoms with van der Waals surface area (Å²) >= 11 is 6.20. The molecular weight excluding hydrogens is 348 g/mol. The molecule has 4 nitrogen and oxygen atoms in total. The maximum absolute atomic E-state index is 12.4. The molecule has 1 heterocycles. The van der Waals surface area contributed by atoms with Gasteiger partial charge in [-0.15, -0.1) is 0 Å². The molecule has 2 aromatic carbocycles. The van der Waals surface area contributed by atoms with Gasteiger partial charge in [0.2, 0.25) is 5.91 Å². The van der Waals surface area contributed by atoms with Crippen molar-refractivity contribution in [3.8, 4) is 0 Å². The van der Waals surface area contributed by atoms with Gasteiger partial charge in [-0.2, -0.15) is 0 Å². The van der Waals surface area contributed by atoms with Crippen LogP contribution in [0.15, 0.2) is 59.0 Å². The Balaban J connectivity index is 1.62.